The van der Waals surface area contributed by atoms with Gasteiger partial charge in [-0.05, 0) is 55.5 Å². The van der Waals surface area contributed by atoms with Gasteiger partial charge in [-0.25, -0.2) is 0 Å². The van der Waals surface area contributed by atoms with E-state index in [0.717, 1.165) is 31.8 Å². The number of carbonyl (C=O) groups excluding carboxylic acids is 1. The molecule has 1 aliphatic rings. The van der Waals surface area contributed by atoms with Crippen molar-refractivity contribution in [3.05, 3.63) is 65.2 Å². The molecule has 1 fully saturated rings. The third kappa shape index (κ3) is 4.91. The molecular weight excluding hydrogens is 388 g/mol. The number of nitrogens with one attached hydrogen (secondary N) is 2. The number of hydrogen-bond donors (Lipinski definition) is 2. The second kappa shape index (κ2) is 8.32. The average molecular weight is 411 g/mol. The third-order valence-corrected chi connectivity index (χ3v) is 6.55. The highest BCUT2D eigenvalue weighted by Gasteiger charge is 2.26. The Kier molecular flexibility index (Phi) is 5.64. The van der Waals surface area contributed by atoms with Crippen LogP contribution in [0.2, 0.25) is 0 Å². The number of thioether (sulfide) groups is 1. The number of amides is 1. The highest BCUT2D eigenvalue weighted by atomic mass is 32.2. The van der Waals surface area contributed by atoms with E-state index in [9.17, 15) is 4.79 Å². The molecule has 144 valence electrons. The van der Waals surface area contributed by atoms with E-state index in [4.69, 9.17) is 0 Å². The summed E-state index contributed by atoms with van der Waals surface area (Å²) >= 11 is 2.94. The first-order chi connectivity index (χ1) is 13.6. The fourth-order valence-electron chi connectivity index (χ4n) is 2.97. The molecule has 7 heteroatoms. The third-order valence-electron chi connectivity index (χ3n) is 4.36. The maximum absolute atomic E-state index is 13.1. The van der Waals surface area contributed by atoms with Gasteiger partial charge in [0.1, 0.15) is 5.25 Å². The molecule has 0 saturated heterocycles. The van der Waals surface area contributed by atoms with Gasteiger partial charge in [0.15, 0.2) is 4.34 Å². The summed E-state index contributed by atoms with van der Waals surface area (Å²) in [6.45, 7) is 4.06. The van der Waals surface area contributed by atoms with Crippen LogP contribution in [0.15, 0.2) is 52.9 Å². The molecule has 1 atom stereocenters. The van der Waals surface area contributed by atoms with E-state index in [1.165, 1.54) is 35.9 Å². The number of benzene rings is 2. The predicted molar refractivity (Wildman–Crippen MR) is 116 cm³/mol. The smallest absolute Gasteiger partial charge is 0.242 e. The van der Waals surface area contributed by atoms with Crippen LogP contribution in [0.3, 0.4) is 0 Å². The summed E-state index contributed by atoms with van der Waals surface area (Å²) < 4.78 is 0.785. The van der Waals surface area contributed by atoms with Crippen LogP contribution in [0.4, 0.5) is 10.8 Å². The molecule has 1 heterocycles. The van der Waals surface area contributed by atoms with Gasteiger partial charge >= 0.3 is 0 Å². The second-order valence-electron chi connectivity index (χ2n) is 7.07. The van der Waals surface area contributed by atoms with E-state index in [1.54, 1.807) is 0 Å². The number of rotatable bonds is 7. The molecule has 1 saturated carbocycles. The van der Waals surface area contributed by atoms with Crippen LogP contribution < -0.4 is 10.6 Å². The van der Waals surface area contributed by atoms with Gasteiger partial charge in [0, 0.05) is 11.7 Å². The Morgan fingerprint density at radius 2 is 1.82 bits per heavy atom. The molecule has 2 aromatic carbocycles. The summed E-state index contributed by atoms with van der Waals surface area (Å²) in [5.41, 5.74) is 4.01. The predicted octanol–water partition coefficient (Wildman–Crippen LogP) is 5.20. The Hall–Kier alpha value is -2.38. The van der Waals surface area contributed by atoms with E-state index in [-0.39, 0.29) is 5.91 Å². The highest BCUT2D eigenvalue weighted by Crippen LogP contribution is 2.39. The Morgan fingerprint density at radius 3 is 2.50 bits per heavy atom. The van der Waals surface area contributed by atoms with E-state index in [0.29, 0.717) is 6.04 Å². The first-order valence-electron chi connectivity index (χ1n) is 9.27. The highest BCUT2D eigenvalue weighted by molar-refractivity contribution is 8.02. The van der Waals surface area contributed by atoms with Crippen LogP contribution in [-0.2, 0) is 4.79 Å². The monoisotopic (exact) mass is 410 g/mol. The van der Waals surface area contributed by atoms with Crippen LogP contribution in [0.25, 0.3) is 0 Å². The van der Waals surface area contributed by atoms with Gasteiger partial charge in [0.2, 0.25) is 11.0 Å². The van der Waals surface area contributed by atoms with Crippen LogP contribution in [0.5, 0.6) is 0 Å². The molecule has 28 heavy (non-hydrogen) atoms. The van der Waals surface area contributed by atoms with Crippen molar-refractivity contribution in [3.8, 4) is 0 Å². The van der Waals surface area contributed by atoms with Crippen LogP contribution >= 0.6 is 23.1 Å². The first-order valence-corrected chi connectivity index (χ1v) is 11.0. The Bertz CT molecular complexity index is 949. The Labute approximate surface area is 173 Å². The summed E-state index contributed by atoms with van der Waals surface area (Å²) in [7, 11) is 0. The fourth-order valence-corrected chi connectivity index (χ4v) is 5.00. The van der Waals surface area contributed by atoms with Gasteiger partial charge in [-0.3, -0.25) is 4.79 Å². The minimum absolute atomic E-state index is 0.0619. The van der Waals surface area contributed by atoms with Crippen molar-refractivity contribution in [3.63, 3.8) is 0 Å². The molecule has 1 aliphatic carbocycles. The number of aryl methyl sites for hydroxylation is 2. The normalized spacial score (nSPS) is 14.5. The zero-order valence-electron chi connectivity index (χ0n) is 15.8. The minimum atomic E-state index is -0.399. The summed E-state index contributed by atoms with van der Waals surface area (Å²) in [6.07, 6.45) is 2.38. The van der Waals surface area contributed by atoms with Crippen molar-refractivity contribution >= 4 is 39.8 Å². The quantitative estimate of drug-likeness (QED) is 0.524. The molecule has 0 aliphatic heterocycles. The molecule has 1 aromatic heterocycles. The number of nitrogens with zero attached hydrogens (tertiary/aromatic N) is 2. The molecule has 0 unspecified atom stereocenters. The van der Waals surface area contributed by atoms with E-state index in [1.807, 2.05) is 56.3 Å². The zero-order chi connectivity index (χ0) is 19.5. The number of aromatic nitrogens is 2. The summed E-state index contributed by atoms with van der Waals surface area (Å²) in [6, 6.07) is 16.4. The van der Waals surface area contributed by atoms with E-state index in [2.05, 4.69) is 26.9 Å². The average Bonchev–Trinajstić information content (AvgIpc) is 3.36. The lowest BCUT2D eigenvalue weighted by molar-refractivity contribution is -0.115. The fraction of sp³-hybridized carbons (Fsp3) is 0.286. The molecular formula is C21H22N4OS2. The Balaban J connectivity index is 1.54. The van der Waals surface area contributed by atoms with Gasteiger partial charge in [0.05, 0.1) is 0 Å². The van der Waals surface area contributed by atoms with Crippen LogP contribution in [0, 0.1) is 13.8 Å². The van der Waals surface area contributed by atoms with Crippen molar-refractivity contribution in [1.29, 1.82) is 0 Å². The molecule has 5 nitrogen and oxygen atoms in total. The number of hydrogen-bond acceptors (Lipinski definition) is 6. The SMILES string of the molecule is Cc1cc(C)cc(NC(=O)[C@@H](Sc2nnc(NC3CC3)s2)c2ccccc2)c1. The lowest BCUT2D eigenvalue weighted by Gasteiger charge is -2.16. The summed E-state index contributed by atoms with van der Waals surface area (Å²) in [5.74, 6) is -0.0619. The molecule has 0 spiro atoms. The topological polar surface area (TPSA) is 66.9 Å². The lowest BCUT2D eigenvalue weighted by atomic mass is 10.1. The first kappa shape index (κ1) is 19.0. The van der Waals surface area contributed by atoms with Gasteiger partial charge in [-0.1, -0.05) is 59.5 Å². The lowest BCUT2D eigenvalue weighted by Crippen LogP contribution is -2.19. The van der Waals surface area contributed by atoms with Crippen LogP contribution in [-0.4, -0.2) is 22.1 Å². The van der Waals surface area contributed by atoms with Crippen LogP contribution in [0.1, 0.15) is 34.8 Å². The summed E-state index contributed by atoms with van der Waals surface area (Å²) in [5, 5.41) is 15.3. The van der Waals surface area contributed by atoms with Gasteiger partial charge in [-0.15, -0.1) is 10.2 Å². The molecule has 0 bridgehead atoms. The largest absolute Gasteiger partial charge is 0.357 e. The number of carbonyl (C=O) groups is 1. The maximum Gasteiger partial charge on any atom is 0.242 e. The van der Waals surface area contributed by atoms with Crippen molar-refractivity contribution in [2.75, 3.05) is 10.6 Å². The standard InChI is InChI=1S/C21H22N4OS2/c1-13-10-14(2)12-17(11-13)22-19(26)18(15-6-4-3-5-7-15)27-21-25-24-20(28-21)23-16-8-9-16/h3-7,10-12,16,18H,8-9H2,1-2H3,(H,22,26)(H,23,24)/t18-/m0/s1. The minimum Gasteiger partial charge on any atom is -0.357 e. The molecule has 1 amide bonds. The van der Waals surface area contributed by atoms with Gasteiger partial charge in [0.25, 0.3) is 0 Å². The van der Waals surface area contributed by atoms with Crippen molar-refractivity contribution in [1.82, 2.24) is 10.2 Å². The maximum atomic E-state index is 13.1. The van der Waals surface area contributed by atoms with E-state index >= 15 is 0 Å². The molecule has 2 N–H and O–H groups in total. The van der Waals surface area contributed by atoms with Crippen molar-refractivity contribution < 1.29 is 4.79 Å². The number of anilines is 2. The molecule has 4 rings (SSSR count). The molecule has 3 aromatic rings. The van der Waals surface area contributed by atoms with E-state index < -0.39 is 5.25 Å². The zero-order valence-corrected chi connectivity index (χ0v) is 17.4. The van der Waals surface area contributed by atoms with Crippen molar-refractivity contribution in [2.45, 2.75) is 42.3 Å². The second-order valence-corrected chi connectivity index (χ2v) is 9.40. The van der Waals surface area contributed by atoms with Gasteiger partial charge < -0.3 is 10.6 Å². The molecule has 0 radical (unpaired) electrons. The Morgan fingerprint density at radius 1 is 1.11 bits per heavy atom. The van der Waals surface area contributed by atoms with Gasteiger partial charge in [-0.2, -0.15) is 0 Å². The van der Waals surface area contributed by atoms with Crippen molar-refractivity contribution in [2.24, 2.45) is 0 Å². The summed E-state index contributed by atoms with van der Waals surface area (Å²) in [4.78, 5) is 13.1.